The number of amides is 1. The molecule has 2 rings (SSSR count). The average Bonchev–Trinajstić information content (AvgIpc) is 2.61. The molecule has 2 N–H and O–H groups in total. The van der Waals surface area contributed by atoms with E-state index in [4.69, 9.17) is 4.74 Å². The number of methoxy groups -OCH3 is 1. The molecule has 1 atom stereocenters. The lowest BCUT2D eigenvalue weighted by molar-refractivity contribution is -0.141. The lowest BCUT2D eigenvalue weighted by Gasteiger charge is -2.25. The van der Waals surface area contributed by atoms with Gasteiger partial charge in [-0.2, -0.15) is 0 Å². The highest BCUT2D eigenvalue weighted by atomic mass is 32.2. The van der Waals surface area contributed by atoms with E-state index in [0.29, 0.717) is 0 Å². The zero-order valence-electron chi connectivity index (χ0n) is 13.6. The van der Waals surface area contributed by atoms with Crippen molar-refractivity contribution < 1.29 is 14.3 Å². The number of ether oxygens (including phenoxy) is 1. The molecule has 126 valence electrons. The van der Waals surface area contributed by atoms with E-state index in [1.165, 1.54) is 7.11 Å². The minimum absolute atomic E-state index is 0.0156. The van der Waals surface area contributed by atoms with Crippen LogP contribution in [0.1, 0.15) is 30.9 Å². The normalized spacial score (nSPS) is 16.6. The second-order valence-corrected chi connectivity index (χ2v) is 6.52. The Morgan fingerprint density at radius 3 is 2.52 bits per heavy atom. The summed E-state index contributed by atoms with van der Waals surface area (Å²) < 4.78 is 4.77. The van der Waals surface area contributed by atoms with Crippen LogP contribution >= 0.6 is 11.8 Å². The first-order valence-electron chi connectivity index (χ1n) is 7.86. The van der Waals surface area contributed by atoms with Crippen LogP contribution in [0.5, 0.6) is 0 Å². The lowest BCUT2D eigenvalue weighted by atomic mass is 9.95. The van der Waals surface area contributed by atoms with E-state index in [-0.39, 0.29) is 30.3 Å². The maximum absolute atomic E-state index is 12.5. The van der Waals surface area contributed by atoms with Crippen molar-refractivity contribution in [3.63, 3.8) is 0 Å². The molecule has 1 heterocycles. The summed E-state index contributed by atoms with van der Waals surface area (Å²) in [5, 5.41) is 6.28. The number of benzene rings is 1. The third kappa shape index (κ3) is 5.25. The fourth-order valence-corrected chi connectivity index (χ4v) is 3.12. The topological polar surface area (TPSA) is 67.4 Å². The number of thioether (sulfide) groups is 1. The molecule has 1 aromatic rings. The molecule has 0 saturated carbocycles. The first kappa shape index (κ1) is 17.8. The molecule has 0 aromatic heterocycles. The van der Waals surface area contributed by atoms with Crippen LogP contribution in [0.4, 0.5) is 0 Å². The number of carbonyl (C=O) groups excluding carboxylic acids is 2. The first-order chi connectivity index (χ1) is 11.1. The van der Waals surface area contributed by atoms with Crippen molar-refractivity contribution in [3.8, 4) is 0 Å². The number of piperidine rings is 1. The molecule has 1 unspecified atom stereocenters. The van der Waals surface area contributed by atoms with Gasteiger partial charge >= 0.3 is 5.97 Å². The molecule has 1 aliphatic rings. The van der Waals surface area contributed by atoms with Gasteiger partial charge in [-0.05, 0) is 49.9 Å². The predicted octanol–water partition coefficient (Wildman–Crippen LogP) is 2.13. The Hall–Kier alpha value is -1.53. The van der Waals surface area contributed by atoms with Gasteiger partial charge in [0.05, 0.1) is 19.6 Å². The van der Waals surface area contributed by atoms with Crippen molar-refractivity contribution in [2.24, 2.45) is 5.92 Å². The second kappa shape index (κ2) is 8.93. The number of carbonyl (C=O) groups is 2. The van der Waals surface area contributed by atoms with Gasteiger partial charge in [0.15, 0.2) is 0 Å². The van der Waals surface area contributed by atoms with Crippen LogP contribution in [0.2, 0.25) is 0 Å². The summed E-state index contributed by atoms with van der Waals surface area (Å²) in [6, 6.07) is 7.58. The Morgan fingerprint density at radius 2 is 1.96 bits per heavy atom. The molecule has 1 fully saturated rings. The highest BCUT2D eigenvalue weighted by Gasteiger charge is 2.25. The Kier molecular flexibility index (Phi) is 6.92. The maximum atomic E-state index is 12.5. The molecule has 0 spiro atoms. The summed E-state index contributed by atoms with van der Waals surface area (Å²) in [5.41, 5.74) is 0.926. The molecular weight excluding hydrogens is 312 g/mol. The first-order valence-corrected chi connectivity index (χ1v) is 9.08. The van der Waals surface area contributed by atoms with Gasteiger partial charge in [-0.25, -0.2) is 0 Å². The Morgan fingerprint density at radius 1 is 1.30 bits per heavy atom. The van der Waals surface area contributed by atoms with Crippen molar-refractivity contribution in [1.29, 1.82) is 0 Å². The van der Waals surface area contributed by atoms with Crippen LogP contribution in [0, 0.1) is 5.92 Å². The highest BCUT2D eigenvalue weighted by molar-refractivity contribution is 7.98. The zero-order valence-corrected chi connectivity index (χ0v) is 14.4. The number of rotatable bonds is 6. The summed E-state index contributed by atoms with van der Waals surface area (Å²) in [5.74, 6) is -0.286. The van der Waals surface area contributed by atoms with Gasteiger partial charge in [-0.15, -0.1) is 11.8 Å². The zero-order chi connectivity index (χ0) is 16.7. The summed E-state index contributed by atoms with van der Waals surface area (Å²) in [4.78, 5) is 25.3. The van der Waals surface area contributed by atoms with Crippen molar-refractivity contribution in [2.45, 2.75) is 30.2 Å². The van der Waals surface area contributed by atoms with Crippen LogP contribution in [-0.4, -0.2) is 38.3 Å². The third-order valence-electron chi connectivity index (χ3n) is 4.14. The molecule has 1 amide bonds. The van der Waals surface area contributed by atoms with E-state index in [0.717, 1.165) is 36.4 Å². The van der Waals surface area contributed by atoms with Crippen LogP contribution in [-0.2, 0) is 14.3 Å². The van der Waals surface area contributed by atoms with Crippen LogP contribution in [0.25, 0.3) is 0 Å². The molecule has 0 bridgehead atoms. The third-order valence-corrected chi connectivity index (χ3v) is 4.89. The number of hydrogen-bond acceptors (Lipinski definition) is 5. The molecule has 23 heavy (non-hydrogen) atoms. The quantitative estimate of drug-likeness (QED) is 0.615. The number of nitrogens with one attached hydrogen (secondary N) is 2. The van der Waals surface area contributed by atoms with E-state index in [9.17, 15) is 9.59 Å². The van der Waals surface area contributed by atoms with Gasteiger partial charge in [-0.1, -0.05) is 12.1 Å². The highest BCUT2D eigenvalue weighted by Crippen LogP contribution is 2.23. The second-order valence-electron chi connectivity index (χ2n) is 5.64. The van der Waals surface area contributed by atoms with E-state index in [1.807, 2.05) is 30.5 Å². The molecular formula is C17H24N2O3S. The van der Waals surface area contributed by atoms with Crippen molar-refractivity contribution in [2.75, 3.05) is 26.5 Å². The van der Waals surface area contributed by atoms with Gasteiger partial charge in [0.25, 0.3) is 0 Å². The Bertz CT molecular complexity index is 527. The molecule has 5 nitrogen and oxygen atoms in total. The fraction of sp³-hybridized carbons (Fsp3) is 0.529. The Balaban J connectivity index is 2.08. The SMILES string of the molecule is COC(=O)CC(NC(=O)C1CCNCC1)c1ccc(SC)cc1. The van der Waals surface area contributed by atoms with Gasteiger partial charge < -0.3 is 15.4 Å². The number of hydrogen-bond donors (Lipinski definition) is 2. The van der Waals surface area contributed by atoms with E-state index in [1.54, 1.807) is 11.8 Å². The van der Waals surface area contributed by atoms with E-state index < -0.39 is 0 Å². The van der Waals surface area contributed by atoms with Crippen molar-refractivity contribution >= 4 is 23.6 Å². The molecule has 1 saturated heterocycles. The van der Waals surface area contributed by atoms with Gasteiger partial charge in [0.1, 0.15) is 0 Å². The van der Waals surface area contributed by atoms with Crippen LogP contribution in [0.15, 0.2) is 29.2 Å². The molecule has 0 aliphatic carbocycles. The van der Waals surface area contributed by atoms with Crippen molar-refractivity contribution in [3.05, 3.63) is 29.8 Å². The molecule has 6 heteroatoms. The number of esters is 1. The van der Waals surface area contributed by atoms with Gasteiger partial charge in [0.2, 0.25) is 5.91 Å². The smallest absolute Gasteiger partial charge is 0.307 e. The summed E-state index contributed by atoms with van der Waals surface area (Å²) in [7, 11) is 1.37. The molecule has 1 aliphatic heterocycles. The minimum atomic E-state index is -0.347. The van der Waals surface area contributed by atoms with Gasteiger partial charge in [0, 0.05) is 10.8 Å². The standard InChI is InChI=1S/C17H24N2O3S/c1-22-16(20)11-15(12-3-5-14(23-2)6-4-12)19-17(21)13-7-9-18-10-8-13/h3-6,13,15,18H,7-11H2,1-2H3,(H,19,21). The minimum Gasteiger partial charge on any atom is -0.469 e. The van der Waals surface area contributed by atoms with E-state index in [2.05, 4.69) is 10.6 Å². The monoisotopic (exact) mass is 336 g/mol. The largest absolute Gasteiger partial charge is 0.469 e. The van der Waals surface area contributed by atoms with Crippen LogP contribution < -0.4 is 10.6 Å². The summed E-state index contributed by atoms with van der Waals surface area (Å²) in [6.45, 7) is 1.73. The molecule has 1 aromatic carbocycles. The van der Waals surface area contributed by atoms with Crippen LogP contribution in [0.3, 0.4) is 0 Å². The summed E-state index contributed by atoms with van der Waals surface area (Å²) >= 11 is 1.66. The van der Waals surface area contributed by atoms with Gasteiger partial charge in [-0.3, -0.25) is 9.59 Å². The maximum Gasteiger partial charge on any atom is 0.307 e. The lowest BCUT2D eigenvalue weighted by Crippen LogP contribution is -2.40. The Labute approximate surface area is 141 Å². The fourth-order valence-electron chi connectivity index (χ4n) is 2.71. The summed E-state index contributed by atoms with van der Waals surface area (Å²) in [6.07, 6.45) is 3.83. The van der Waals surface area contributed by atoms with E-state index >= 15 is 0 Å². The molecule has 0 radical (unpaired) electrons. The predicted molar refractivity (Wildman–Crippen MR) is 91.3 cm³/mol. The van der Waals surface area contributed by atoms with Crippen molar-refractivity contribution in [1.82, 2.24) is 10.6 Å². The average molecular weight is 336 g/mol.